The van der Waals surface area contributed by atoms with Gasteiger partial charge in [-0.2, -0.15) is 0 Å². The number of aliphatic carboxylic acids is 1. The van der Waals surface area contributed by atoms with Gasteiger partial charge < -0.3 is 26.7 Å². The number of amides is 2. The van der Waals surface area contributed by atoms with E-state index in [1.54, 1.807) is 0 Å². The van der Waals surface area contributed by atoms with E-state index in [0.717, 1.165) is 67.4 Å². The zero-order chi connectivity index (χ0) is 31.7. The van der Waals surface area contributed by atoms with Crippen LogP contribution in [0, 0.1) is 11.8 Å². The number of nitrogens with one attached hydrogen (secondary N) is 2. The Balaban J connectivity index is 0.000000229. The number of nitrogens with two attached hydrogens (primary N) is 2. The quantitative estimate of drug-likeness (QED) is 0.0860. The van der Waals surface area contributed by atoms with E-state index in [1.807, 2.05) is 55.6 Å². The van der Waals surface area contributed by atoms with Crippen LogP contribution in [-0.2, 0) is 32.0 Å². The predicted octanol–water partition coefficient (Wildman–Crippen LogP) is 5.03. The number of fused-ring (bicyclic) bond motifs is 1. The number of allylic oxidation sites excluding steroid dienone is 1. The van der Waals surface area contributed by atoms with Crippen LogP contribution in [0.3, 0.4) is 0 Å². The molecule has 1 saturated carbocycles. The summed E-state index contributed by atoms with van der Waals surface area (Å²) in [5.41, 5.74) is 13.9. The highest BCUT2D eigenvalue weighted by Crippen LogP contribution is 2.40. The van der Waals surface area contributed by atoms with Crippen LogP contribution in [0.1, 0.15) is 68.9 Å². The lowest BCUT2D eigenvalue weighted by molar-refractivity contribution is -0.137. The van der Waals surface area contributed by atoms with E-state index >= 15 is 0 Å². The third kappa shape index (κ3) is 12.6. The first kappa shape index (κ1) is 35.6. The second kappa shape index (κ2) is 18.8. The van der Waals surface area contributed by atoms with Crippen LogP contribution in [-0.4, -0.2) is 41.8 Å². The molecule has 1 fully saturated rings. The lowest BCUT2D eigenvalue weighted by Crippen LogP contribution is -2.55. The molecule has 0 radical (unpaired) electrons. The summed E-state index contributed by atoms with van der Waals surface area (Å²) >= 11 is 1.36. The summed E-state index contributed by atoms with van der Waals surface area (Å²) < 4.78 is 2.89. The van der Waals surface area contributed by atoms with Crippen molar-refractivity contribution in [2.24, 2.45) is 23.3 Å². The van der Waals surface area contributed by atoms with Gasteiger partial charge in [-0.15, -0.1) is 6.58 Å². The lowest BCUT2D eigenvalue weighted by atomic mass is 9.78. The minimum Gasteiger partial charge on any atom is -0.481 e. The molecule has 2 aromatic carbocycles. The number of aldehydes is 1. The number of hydrogen-bond acceptors (Lipinski definition) is 7. The molecule has 0 bridgehead atoms. The average Bonchev–Trinajstić information content (AvgIpc) is 3.80. The Hall–Kier alpha value is -3.63. The van der Waals surface area contributed by atoms with Crippen molar-refractivity contribution < 1.29 is 24.3 Å². The molecule has 2 aromatic rings. The van der Waals surface area contributed by atoms with Gasteiger partial charge in [0.1, 0.15) is 6.29 Å². The second-order valence-electron chi connectivity index (χ2n) is 10.9. The van der Waals surface area contributed by atoms with E-state index in [2.05, 4.69) is 22.7 Å². The first-order chi connectivity index (χ1) is 20.6. The van der Waals surface area contributed by atoms with Crippen LogP contribution in [0.15, 0.2) is 66.1 Å². The van der Waals surface area contributed by atoms with E-state index < -0.39 is 17.4 Å². The summed E-state index contributed by atoms with van der Waals surface area (Å²) in [5.74, 6) is -0.516. The maximum absolute atomic E-state index is 11.7. The Morgan fingerprint density at radius 3 is 2.33 bits per heavy atom. The third-order valence-corrected chi connectivity index (χ3v) is 8.44. The van der Waals surface area contributed by atoms with Crippen molar-refractivity contribution in [3.8, 4) is 0 Å². The van der Waals surface area contributed by atoms with E-state index in [-0.39, 0.29) is 18.2 Å². The molecule has 0 saturated heterocycles. The Kier molecular flexibility index (Phi) is 15.6. The van der Waals surface area contributed by atoms with Crippen molar-refractivity contribution >= 4 is 41.7 Å². The SMILES string of the molecule is C=C[C@@H]1CC1C(=O)NSc1ccccc1NC.NC(=O)C1(N)CCc2ccccc2C1.O=CCCCCCCCC(=O)O. The third-order valence-electron chi connectivity index (χ3n) is 7.57. The first-order valence-corrected chi connectivity index (χ1v) is 15.6. The van der Waals surface area contributed by atoms with Gasteiger partial charge in [0.05, 0.1) is 10.4 Å². The normalized spacial score (nSPS) is 19.6. The summed E-state index contributed by atoms with van der Waals surface area (Å²) in [6.45, 7) is 3.70. The molecular formula is C33H46N4O5S. The largest absolute Gasteiger partial charge is 0.481 e. The Morgan fingerprint density at radius 1 is 1.05 bits per heavy atom. The molecule has 2 unspecified atom stereocenters. The van der Waals surface area contributed by atoms with Crippen molar-refractivity contribution in [3.63, 3.8) is 0 Å². The number of para-hydroxylation sites is 1. The number of carboxylic acids is 1. The molecule has 3 atom stereocenters. The maximum Gasteiger partial charge on any atom is 0.303 e. The molecule has 7 N–H and O–H groups in total. The molecule has 0 spiro atoms. The number of benzene rings is 2. The number of aryl methyl sites for hydroxylation is 1. The molecule has 0 aliphatic heterocycles. The van der Waals surface area contributed by atoms with E-state index in [1.165, 1.54) is 17.5 Å². The minimum atomic E-state index is -0.839. The van der Waals surface area contributed by atoms with Gasteiger partial charge in [-0.05, 0) is 79.7 Å². The van der Waals surface area contributed by atoms with E-state index in [0.29, 0.717) is 25.2 Å². The molecular weight excluding hydrogens is 564 g/mol. The molecule has 0 aromatic heterocycles. The standard InChI is InChI=1S/C13H16N2OS.C11H14N2O.C9H16O3/c1-3-9-8-10(9)13(16)15-17-12-7-5-4-6-11(12)14-2;12-10(14)11(13)6-5-8-3-1-2-4-9(8)7-11;10-8-6-4-2-1-3-5-7-9(11)12/h3-7,9-10,14H,1,8H2,2H3,(H,15,16);1-4H,5-7,13H2,(H2,12,14);8H,1-7H2,(H,11,12)/t9-,10?;;/m1../s1. The van der Waals surface area contributed by atoms with Crippen LogP contribution in [0.25, 0.3) is 0 Å². The molecule has 2 aliphatic rings. The van der Waals surface area contributed by atoms with Crippen molar-refractivity contribution in [2.45, 2.75) is 81.1 Å². The molecule has 10 heteroatoms. The first-order valence-electron chi connectivity index (χ1n) is 14.8. The summed E-state index contributed by atoms with van der Waals surface area (Å²) in [4.78, 5) is 44.0. The molecule has 0 heterocycles. The summed E-state index contributed by atoms with van der Waals surface area (Å²) in [6, 6.07) is 15.9. The van der Waals surface area contributed by atoms with Gasteiger partial charge in [0.25, 0.3) is 0 Å². The van der Waals surface area contributed by atoms with Gasteiger partial charge in [0, 0.05) is 31.5 Å². The van der Waals surface area contributed by atoms with Crippen molar-refractivity contribution in [3.05, 3.63) is 72.3 Å². The fourth-order valence-corrected chi connectivity index (χ4v) is 5.51. The molecule has 234 valence electrons. The summed E-state index contributed by atoms with van der Waals surface area (Å²) in [6.07, 6.45) is 11.4. The zero-order valence-corrected chi connectivity index (χ0v) is 25.9. The Bertz CT molecular complexity index is 1220. The highest BCUT2D eigenvalue weighted by molar-refractivity contribution is 7.98. The molecule has 2 aliphatic carbocycles. The number of carboxylic acid groups (broad SMARTS) is 1. The van der Waals surface area contributed by atoms with Crippen LogP contribution in [0.5, 0.6) is 0 Å². The van der Waals surface area contributed by atoms with Crippen molar-refractivity contribution in [2.75, 3.05) is 12.4 Å². The van der Waals surface area contributed by atoms with E-state index in [4.69, 9.17) is 16.6 Å². The van der Waals surface area contributed by atoms with Crippen molar-refractivity contribution in [1.82, 2.24) is 4.72 Å². The van der Waals surface area contributed by atoms with Crippen LogP contribution >= 0.6 is 11.9 Å². The molecule has 4 rings (SSSR count). The number of primary amides is 1. The molecule has 2 amide bonds. The maximum atomic E-state index is 11.7. The molecule has 9 nitrogen and oxygen atoms in total. The fourth-order valence-electron chi connectivity index (χ4n) is 4.72. The fraction of sp³-hybridized carbons (Fsp3) is 0.455. The Labute approximate surface area is 259 Å². The van der Waals surface area contributed by atoms with Crippen LogP contribution < -0.4 is 21.5 Å². The van der Waals surface area contributed by atoms with Gasteiger partial charge in [0.2, 0.25) is 11.8 Å². The van der Waals surface area contributed by atoms with Crippen LogP contribution in [0.2, 0.25) is 0 Å². The highest BCUT2D eigenvalue weighted by Gasteiger charge is 2.40. The topological polar surface area (TPSA) is 165 Å². The number of anilines is 1. The van der Waals surface area contributed by atoms with Gasteiger partial charge in [-0.25, -0.2) is 0 Å². The zero-order valence-electron chi connectivity index (χ0n) is 25.1. The van der Waals surface area contributed by atoms with Gasteiger partial charge in [0.15, 0.2) is 0 Å². The van der Waals surface area contributed by atoms with Gasteiger partial charge >= 0.3 is 5.97 Å². The average molecular weight is 611 g/mol. The number of unbranched alkanes of at least 4 members (excludes halogenated alkanes) is 5. The van der Waals surface area contributed by atoms with Gasteiger partial charge in [-0.3, -0.25) is 19.1 Å². The highest BCUT2D eigenvalue weighted by atomic mass is 32.2. The van der Waals surface area contributed by atoms with Gasteiger partial charge in [-0.1, -0.05) is 61.7 Å². The summed E-state index contributed by atoms with van der Waals surface area (Å²) in [7, 11) is 1.87. The smallest absolute Gasteiger partial charge is 0.303 e. The Morgan fingerprint density at radius 2 is 1.70 bits per heavy atom. The number of rotatable bonds is 14. The lowest BCUT2D eigenvalue weighted by Gasteiger charge is -2.31. The van der Waals surface area contributed by atoms with Crippen molar-refractivity contribution in [1.29, 1.82) is 0 Å². The number of carbonyl (C=O) groups excluding carboxylic acids is 3. The second-order valence-corrected chi connectivity index (χ2v) is 11.7. The minimum absolute atomic E-state index is 0.103. The predicted molar refractivity (Wildman–Crippen MR) is 172 cm³/mol. The number of carbonyl (C=O) groups is 4. The molecule has 43 heavy (non-hydrogen) atoms. The van der Waals surface area contributed by atoms with Crippen LogP contribution in [0.4, 0.5) is 5.69 Å². The van der Waals surface area contributed by atoms with E-state index in [9.17, 15) is 19.2 Å². The monoisotopic (exact) mass is 610 g/mol. The number of hydrogen-bond donors (Lipinski definition) is 5. The summed E-state index contributed by atoms with van der Waals surface area (Å²) in [5, 5.41) is 11.4.